The molecule has 4 saturated heterocycles. The second-order valence-electron chi connectivity index (χ2n) is 24.0. The Hall–Kier alpha value is -1.66. The number of carbonyl (C=O) groups excluding carboxylic acids is 1. The number of ether oxygens (including phenoxy) is 7. The minimum absolute atomic E-state index is 0.0541. The lowest BCUT2D eigenvalue weighted by molar-refractivity contribution is -0.380. The van der Waals surface area contributed by atoms with Crippen LogP contribution >= 0.6 is 0 Å². The molecule has 9 rings (SSSR count). The van der Waals surface area contributed by atoms with Crippen LogP contribution in [0.5, 0.6) is 0 Å². The summed E-state index contributed by atoms with van der Waals surface area (Å²) in [4.78, 5) is 26.2. The molecule has 382 valence electrons. The normalized spacial score (nSPS) is 56.0. The molecule has 0 unspecified atom stereocenters. The summed E-state index contributed by atoms with van der Waals surface area (Å²) >= 11 is 0. The quantitative estimate of drug-likeness (QED) is 0.110. The van der Waals surface area contributed by atoms with Gasteiger partial charge in [-0.1, -0.05) is 34.6 Å². The first-order valence-electron chi connectivity index (χ1n) is 24.6. The number of aliphatic carboxylic acids is 1. The molecule has 0 amide bonds. The van der Waals surface area contributed by atoms with Crippen molar-refractivity contribution < 1.29 is 93.8 Å². The average molecular weight is 957 g/mol. The lowest BCUT2D eigenvalue weighted by Crippen LogP contribution is -2.68. The first-order chi connectivity index (χ1) is 31.2. The van der Waals surface area contributed by atoms with Gasteiger partial charge in [0.15, 0.2) is 25.0 Å². The number of fused-ring (bicyclic) bond motifs is 7. The van der Waals surface area contributed by atoms with Crippen LogP contribution in [-0.4, -0.2) is 180 Å². The Bertz CT molecular complexity index is 1880. The maximum atomic E-state index is 13.6. The Morgan fingerprint density at radius 1 is 0.701 bits per heavy atom. The first kappa shape index (κ1) is 50.3. The molecule has 67 heavy (non-hydrogen) atoms. The molecule has 19 nitrogen and oxygen atoms in total. The molecule has 1 spiro atoms. The zero-order valence-electron chi connectivity index (χ0n) is 39.9. The number of aliphatic hydroxyl groups is 9. The fourth-order valence-electron chi connectivity index (χ4n) is 16.6. The summed E-state index contributed by atoms with van der Waals surface area (Å²) in [6.07, 6.45) is -19.0. The van der Waals surface area contributed by atoms with Gasteiger partial charge in [-0.25, -0.2) is 4.79 Å². The highest BCUT2D eigenvalue weighted by Crippen LogP contribution is 2.79. The van der Waals surface area contributed by atoms with E-state index in [4.69, 9.17) is 33.2 Å². The number of carboxylic acid groups (broad SMARTS) is 1. The first-order valence-corrected chi connectivity index (χ1v) is 24.6. The van der Waals surface area contributed by atoms with Crippen LogP contribution in [0.15, 0.2) is 0 Å². The molecule has 26 atom stereocenters. The van der Waals surface area contributed by atoms with E-state index in [-0.39, 0.29) is 52.0 Å². The van der Waals surface area contributed by atoms with Crippen LogP contribution in [0.1, 0.15) is 113 Å². The van der Waals surface area contributed by atoms with E-state index in [2.05, 4.69) is 34.6 Å². The van der Waals surface area contributed by atoms with E-state index in [1.165, 1.54) is 6.92 Å². The zero-order valence-corrected chi connectivity index (χ0v) is 39.9. The van der Waals surface area contributed by atoms with Gasteiger partial charge in [0, 0.05) is 12.3 Å². The highest BCUT2D eigenvalue weighted by molar-refractivity contribution is 5.81. The number of aliphatic hydroxyl groups excluding tert-OH is 8. The second-order valence-corrected chi connectivity index (χ2v) is 24.0. The third kappa shape index (κ3) is 7.36. The zero-order chi connectivity index (χ0) is 48.9. The van der Waals surface area contributed by atoms with Crippen molar-refractivity contribution in [3.8, 4) is 0 Å². The van der Waals surface area contributed by atoms with Gasteiger partial charge in [-0.3, -0.25) is 4.79 Å². The van der Waals surface area contributed by atoms with Crippen molar-refractivity contribution in [2.45, 2.75) is 223 Å². The molecule has 10 N–H and O–H groups in total. The van der Waals surface area contributed by atoms with Gasteiger partial charge in [0.2, 0.25) is 0 Å². The smallest absolute Gasteiger partial charge is 0.335 e. The molecule has 9 fully saturated rings. The van der Waals surface area contributed by atoms with E-state index in [1.807, 2.05) is 13.8 Å². The van der Waals surface area contributed by atoms with Crippen molar-refractivity contribution in [3.05, 3.63) is 0 Å². The third-order valence-electron chi connectivity index (χ3n) is 20.2. The summed E-state index contributed by atoms with van der Waals surface area (Å²) in [5.74, 6) is -0.945. The van der Waals surface area contributed by atoms with Gasteiger partial charge in [0.1, 0.15) is 67.1 Å². The van der Waals surface area contributed by atoms with Crippen LogP contribution in [-0.2, 0) is 42.7 Å². The van der Waals surface area contributed by atoms with Crippen LogP contribution in [0, 0.1) is 56.7 Å². The van der Waals surface area contributed by atoms with Crippen LogP contribution in [0.25, 0.3) is 0 Å². The minimum Gasteiger partial charge on any atom is -0.479 e. The fourth-order valence-corrected chi connectivity index (χ4v) is 16.6. The van der Waals surface area contributed by atoms with Crippen LogP contribution in [0.4, 0.5) is 0 Å². The standard InChI is InChI=1S/C48H76O19/c1-19-28(50)35(65-39-31(53)30(52)29(51)22(18-49)62-39)33(55)40(61-19)66-36-32(54)37(38(57)58)67-41(34(36)56)64-25-12-13-45(6)23(43(25,2)3)11-14-47(8)24(45)10-9-20-26-27(44(4,5)60)21-17-48(26,42(59)63-21)16-15-46(20,47)7/h19-37,39-41,49-56,60H,9-18H2,1-8H3,(H,57,58)/t19-,20+,21-,22+,23-,24+,25-,26-,27+,28-,29+,30-,31+,32-,33+,34+,35+,36-,37-,39-,40-,41+,45-,46+,47+,48+/m0/s1. The predicted molar refractivity (Wildman–Crippen MR) is 229 cm³/mol. The average Bonchev–Trinajstić information content (AvgIpc) is 3.76. The van der Waals surface area contributed by atoms with E-state index < -0.39 is 127 Å². The molecule has 4 aliphatic heterocycles. The molecule has 5 saturated carbocycles. The van der Waals surface area contributed by atoms with E-state index in [9.17, 15) is 60.7 Å². The maximum absolute atomic E-state index is 13.6. The van der Waals surface area contributed by atoms with Gasteiger partial charge < -0.3 is 84.2 Å². The molecule has 9 aliphatic rings. The molecule has 0 aromatic carbocycles. The van der Waals surface area contributed by atoms with Gasteiger partial charge >= 0.3 is 11.9 Å². The van der Waals surface area contributed by atoms with Crippen molar-refractivity contribution in [2.75, 3.05) is 6.61 Å². The van der Waals surface area contributed by atoms with Gasteiger partial charge in [-0.05, 0) is 117 Å². The Labute approximate surface area is 391 Å². The fraction of sp³-hybridized carbons (Fsp3) is 0.958. The molecular formula is C48H76O19. The molecule has 4 heterocycles. The number of carbonyl (C=O) groups is 2. The Balaban J connectivity index is 0.916. The SMILES string of the molecule is C[C@@H]1O[C@@H](O[C@@H]2[C@@H](O)[C@H](O[C@H]3CC[C@]4(C)[C@H]5CC[C@@H]6[C@H]7[C@H](C(C)(C)O)[C@@H]8C[C@@]7(CC[C@@]6(C)[C@]5(C)CC[C@H]4C3(C)C)C(=O)O8)O[C@H](C(=O)O)[C@H]2O)[C@H](O)[C@H](O[C@@H]2O[C@H](CO)[C@@H](O)[C@H](O)[C@H]2O)[C@H]1O. The van der Waals surface area contributed by atoms with Gasteiger partial charge in [0.05, 0.1) is 29.8 Å². The molecule has 5 aliphatic carbocycles. The monoisotopic (exact) mass is 956 g/mol. The molecule has 0 radical (unpaired) electrons. The molecule has 0 aromatic rings. The highest BCUT2D eigenvalue weighted by atomic mass is 16.8. The lowest BCUT2D eigenvalue weighted by Gasteiger charge is -2.73. The van der Waals surface area contributed by atoms with Crippen molar-refractivity contribution in [3.63, 3.8) is 0 Å². The number of hydrogen-bond acceptors (Lipinski definition) is 18. The van der Waals surface area contributed by atoms with E-state index >= 15 is 0 Å². The summed E-state index contributed by atoms with van der Waals surface area (Å²) in [5.41, 5.74) is -2.30. The molecule has 0 aromatic heterocycles. The topological polar surface area (TPSA) is 301 Å². The van der Waals surface area contributed by atoms with Crippen molar-refractivity contribution in [2.24, 2.45) is 56.7 Å². The minimum atomic E-state index is -2.00. The third-order valence-corrected chi connectivity index (χ3v) is 20.2. The van der Waals surface area contributed by atoms with E-state index in [0.29, 0.717) is 18.8 Å². The predicted octanol–water partition coefficient (Wildman–Crippen LogP) is 0.328. The van der Waals surface area contributed by atoms with Crippen LogP contribution < -0.4 is 0 Å². The van der Waals surface area contributed by atoms with Crippen molar-refractivity contribution in [1.82, 2.24) is 0 Å². The lowest BCUT2D eigenvalue weighted by atomic mass is 9.32. The molecular weight excluding hydrogens is 881 g/mol. The van der Waals surface area contributed by atoms with E-state index in [1.54, 1.807) is 0 Å². The summed E-state index contributed by atoms with van der Waals surface area (Å²) in [6, 6.07) is 0. The number of esters is 1. The maximum Gasteiger partial charge on any atom is 0.335 e. The highest BCUT2D eigenvalue weighted by Gasteiger charge is 2.77. The van der Waals surface area contributed by atoms with Gasteiger partial charge in [-0.2, -0.15) is 0 Å². The summed E-state index contributed by atoms with van der Waals surface area (Å²) in [5, 5.41) is 108. The Kier molecular flexibility index (Phi) is 12.7. The second kappa shape index (κ2) is 17.0. The van der Waals surface area contributed by atoms with Crippen LogP contribution in [0.3, 0.4) is 0 Å². The summed E-state index contributed by atoms with van der Waals surface area (Å²) in [7, 11) is 0. The Morgan fingerprint density at radius 3 is 1.96 bits per heavy atom. The van der Waals surface area contributed by atoms with Crippen molar-refractivity contribution >= 4 is 11.9 Å². The Morgan fingerprint density at radius 2 is 1.33 bits per heavy atom. The number of carboxylic acids is 1. The molecule has 2 bridgehead atoms. The molecule has 19 heteroatoms. The summed E-state index contributed by atoms with van der Waals surface area (Å²) in [6.45, 7) is 16.0. The van der Waals surface area contributed by atoms with Crippen LogP contribution in [0.2, 0.25) is 0 Å². The van der Waals surface area contributed by atoms with Gasteiger partial charge in [0.25, 0.3) is 0 Å². The van der Waals surface area contributed by atoms with Crippen molar-refractivity contribution in [1.29, 1.82) is 0 Å². The summed E-state index contributed by atoms with van der Waals surface area (Å²) < 4.78 is 41.4. The number of hydrogen-bond donors (Lipinski definition) is 10. The largest absolute Gasteiger partial charge is 0.479 e. The van der Waals surface area contributed by atoms with E-state index in [0.717, 1.165) is 44.9 Å². The van der Waals surface area contributed by atoms with Gasteiger partial charge in [-0.15, -0.1) is 0 Å². The number of rotatable bonds is 9.